The van der Waals surface area contributed by atoms with Crippen LogP contribution in [-0.2, 0) is 26.0 Å². The Morgan fingerprint density at radius 1 is 1.20 bits per heavy atom. The van der Waals surface area contributed by atoms with Gasteiger partial charge in [-0.25, -0.2) is 12.8 Å². The Hall–Kier alpha value is -2.49. The van der Waals surface area contributed by atoms with Gasteiger partial charge in [0.2, 0.25) is 15.9 Å². The van der Waals surface area contributed by atoms with Crippen LogP contribution in [0.15, 0.2) is 47.4 Å². The number of halogens is 1. The molecule has 9 heteroatoms. The summed E-state index contributed by atoms with van der Waals surface area (Å²) in [6.45, 7) is 3.01. The predicted molar refractivity (Wildman–Crippen MR) is 109 cm³/mol. The quantitative estimate of drug-likeness (QED) is 0.720. The predicted octanol–water partition coefficient (Wildman–Crippen LogP) is 2.28. The summed E-state index contributed by atoms with van der Waals surface area (Å²) < 4.78 is 51.0. The molecule has 1 aliphatic rings. The normalized spacial score (nSPS) is 16.1. The maximum atomic E-state index is 13.1. The van der Waals surface area contributed by atoms with E-state index in [1.807, 2.05) is 0 Å². The average Bonchev–Trinajstić information content (AvgIpc) is 2.74. The first-order valence-corrected chi connectivity index (χ1v) is 11.0. The summed E-state index contributed by atoms with van der Waals surface area (Å²) in [7, 11) is -2.36. The molecule has 30 heavy (non-hydrogen) atoms. The van der Waals surface area contributed by atoms with Gasteiger partial charge in [-0.1, -0.05) is 18.2 Å². The monoisotopic (exact) mass is 436 g/mol. The number of morpholine rings is 1. The first-order chi connectivity index (χ1) is 14.3. The van der Waals surface area contributed by atoms with Gasteiger partial charge in [0.1, 0.15) is 16.5 Å². The molecule has 0 aliphatic carbocycles. The molecule has 3 rings (SSSR count). The van der Waals surface area contributed by atoms with Crippen molar-refractivity contribution in [2.75, 3.05) is 33.4 Å². The lowest BCUT2D eigenvalue weighted by molar-refractivity contribution is -0.121. The second-order valence-electron chi connectivity index (χ2n) is 7.02. The van der Waals surface area contributed by atoms with E-state index in [-0.39, 0.29) is 47.9 Å². The summed E-state index contributed by atoms with van der Waals surface area (Å²) >= 11 is 0. The Morgan fingerprint density at radius 2 is 1.87 bits per heavy atom. The molecule has 1 atom stereocenters. The summed E-state index contributed by atoms with van der Waals surface area (Å²) in [5.74, 6) is -0.387. The lowest BCUT2D eigenvalue weighted by Crippen LogP contribution is -2.40. The molecule has 0 aromatic heterocycles. The fraction of sp³-hybridized carbons (Fsp3) is 0.381. The number of benzene rings is 2. The van der Waals surface area contributed by atoms with Gasteiger partial charge in [-0.15, -0.1) is 0 Å². The summed E-state index contributed by atoms with van der Waals surface area (Å²) in [5.41, 5.74) is 1.32. The zero-order valence-corrected chi connectivity index (χ0v) is 17.7. The highest BCUT2D eigenvalue weighted by Crippen LogP contribution is 2.28. The number of carbonyl (C=O) groups excluding carboxylic acids is 1. The largest absolute Gasteiger partial charge is 0.495 e. The minimum Gasteiger partial charge on any atom is -0.495 e. The van der Waals surface area contributed by atoms with Crippen molar-refractivity contribution in [3.8, 4) is 5.75 Å². The molecule has 0 radical (unpaired) electrons. The van der Waals surface area contributed by atoms with E-state index in [2.05, 4.69) is 5.32 Å². The van der Waals surface area contributed by atoms with Gasteiger partial charge in [-0.05, 0) is 42.3 Å². The van der Waals surface area contributed by atoms with E-state index in [9.17, 15) is 17.6 Å². The van der Waals surface area contributed by atoms with E-state index in [1.165, 1.54) is 29.6 Å². The standard InChI is InChI=1S/C21H25FN2O5S/c1-15(17-4-6-18(22)7-5-17)23-21(25)14-16-3-8-19(28-2)20(13-16)30(26,27)24-9-11-29-12-10-24/h3-8,13,15H,9-12,14H2,1-2H3,(H,23,25). The molecule has 2 aromatic carbocycles. The van der Waals surface area contributed by atoms with Gasteiger partial charge in [-0.2, -0.15) is 4.31 Å². The van der Waals surface area contributed by atoms with Gasteiger partial charge < -0.3 is 14.8 Å². The summed E-state index contributed by atoms with van der Waals surface area (Å²) in [4.78, 5) is 12.5. The number of amides is 1. The maximum Gasteiger partial charge on any atom is 0.246 e. The van der Waals surface area contributed by atoms with Crippen LogP contribution >= 0.6 is 0 Å². The highest BCUT2D eigenvalue weighted by molar-refractivity contribution is 7.89. The number of ether oxygens (including phenoxy) is 2. The van der Waals surface area contributed by atoms with E-state index >= 15 is 0 Å². The molecular formula is C21H25FN2O5S. The second kappa shape index (κ2) is 9.55. The number of carbonyl (C=O) groups is 1. The first-order valence-electron chi connectivity index (χ1n) is 9.61. The minimum absolute atomic E-state index is 0.00115. The Balaban J connectivity index is 1.75. The molecule has 162 valence electrons. The number of hydrogen-bond acceptors (Lipinski definition) is 5. The zero-order valence-electron chi connectivity index (χ0n) is 16.9. The van der Waals surface area contributed by atoms with Gasteiger partial charge in [0.25, 0.3) is 0 Å². The van der Waals surface area contributed by atoms with Crippen LogP contribution in [0.4, 0.5) is 4.39 Å². The van der Waals surface area contributed by atoms with Crippen LogP contribution < -0.4 is 10.1 Å². The molecule has 1 aliphatic heterocycles. The van der Waals surface area contributed by atoms with Crippen molar-refractivity contribution in [3.63, 3.8) is 0 Å². The minimum atomic E-state index is -3.77. The number of rotatable bonds is 7. The Bertz CT molecular complexity index is 989. The summed E-state index contributed by atoms with van der Waals surface area (Å²) in [5, 5.41) is 2.85. The number of methoxy groups -OCH3 is 1. The smallest absolute Gasteiger partial charge is 0.246 e. The third kappa shape index (κ3) is 5.16. The van der Waals surface area contributed by atoms with Crippen molar-refractivity contribution in [2.45, 2.75) is 24.3 Å². The molecule has 1 amide bonds. The van der Waals surface area contributed by atoms with Crippen molar-refractivity contribution in [2.24, 2.45) is 0 Å². The van der Waals surface area contributed by atoms with E-state index in [4.69, 9.17) is 9.47 Å². The fourth-order valence-corrected chi connectivity index (χ4v) is 4.89. The van der Waals surface area contributed by atoms with E-state index < -0.39 is 10.0 Å². The SMILES string of the molecule is COc1ccc(CC(=O)NC(C)c2ccc(F)cc2)cc1S(=O)(=O)N1CCOCC1. The summed E-state index contributed by atoms with van der Waals surface area (Å²) in [6.07, 6.45) is 0.00115. The molecule has 0 spiro atoms. The first kappa shape index (κ1) is 22.2. The van der Waals surface area contributed by atoms with Crippen LogP contribution in [0.3, 0.4) is 0 Å². The Kier molecular flexibility index (Phi) is 7.06. The average molecular weight is 437 g/mol. The Labute approximate surface area is 175 Å². The van der Waals surface area contributed by atoms with Crippen LogP contribution in [0, 0.1) is 5.82 Å². The number of hydrogen-bond donors (Lipinski definition) is 1. The molecular weight excluding hydrogens is 411 g/mol. The third-order valence-corrected chi connectivity index (χ3v) is 6.85. The van der Waals surface area contributed by atoms with Crippen molar-refractivity contribution >= 4 is 15.9 Å². The molecule has 1 heterocycles. The lowest BCUT2D eigenvalue weighted by atomic mass is 10.1. The summed E-state index contributed by atoms with van der Waals surface area (Å²) in [6, 6.07) is 10.3. The van der Waals surface area contributed by atoms with Gasteiger partial charge in [0, 0.05) is 13.1 Å². The van der Waals surface area contributed by atoms with Crippen LogP contribution in [0.2, 0.25) is 0 Å². The molecule has 1 saturated heterocycles. The Morgan fingerprint density at radius 3 is 2.50 bits per heavy atom. The van der Waals surface area contributed by atoms with Crippen LogP contribution in [0.1, 0.15) is 24.1 Å². The zero-order chi connectivity index (χ0) is 21.7. The highest BCUT2D eigenvalue weighted by Gasteiger charge is 2.29. The van der Waals surface area contributed by atoms with E-state index in [0.717, 1.165) is 5.56 Å². The van der Waals surface area contributed by atoms with Gasteiger partial charge >= 0.3 is 0 Å². The highest BCUT2D eigenvalue weighted by atomic mass is 32.2. The van der Waals surface area contributed by atoms with E-state index in [1.54, 1.807) is 31.2 Å². The molecule has 1 unspecified atom stereocenters. The topological polar surface area (TPSA) is 84.9 Å². The lowest BCUT2D eigenvalue weighted by Gasteiger charge is -2.26. The molecule has 1 N–H and O–H groups in total. The molecule has 0 bridgehead atoms. The molecule has 7 nitrogen and oxygen atoms in total. The number of nitrogens with zero attached hydrogens (tertiary/aromatic N) is 1. The third-order valence-electron chi connectivity index (χ3n) is 4.93. The van der Waals surface area contributed by atoms with Crippen LogP contribution in [0.5, 0.6) is 5.75 Å². The van der Waals surface area contributed by atoms with Crippen molar-refractivity contribution in [1.82, 2.24) is 9.62 Å². The number of sulfonamides is 1. The van der Waals surface area contributed by atoms with Gasteiger partial charge in [0.15, 0.2) is 0 Å². The number of nitrogens with one attached hydrogen (secondary N) is 1. The maximum absolute atomic E-state index is 13.1. The molecule has 0 saturated carbocycles. The molecule has 1 fully saturated rings. The molecule has 2 aromatic rings. The van der Waals surface area contributed by atoms with Crippen LogP contribution in [-0.4, -0.2) is 52.0 Å². The van der Waals surface area contributed by atoms with Crippen molar-refractivity contribution in [1.29, 1.82) is 0 Å². The second-order valence-corrected chi connectivity index (χ2v) is 8.93. The fourth-order valence-electron chi connectivity index (χ4n) is 3.27. The van der Waals surface area contributed by atoms with Gasteiger partial charge in [0.05, 0.1) is 32.8 Å². The van der Waals surface area contributed by atoms with E-state index in [0.29, 0.717) is 18.8 Å². The van der Waals surface area contributed by atoms with Crippen LogP contribution in [0.25, 0.3) is 0 Å². The van der Waals surface area contributed by atoms with Crippen molar-refractivity contribution < 1.29 is 27.1 Å². The van der Waals surface area contributed by atoms with Gasteiger partial charge in [-0.3, -0.25) is 4.79 Å². The van der Waals surface area contributed by atoms with Crippen molar-refractivity contribution in [3.05, 3.63) is 59.4 Å².